The number of nitriles is 1. The Morgan fingerprint density at radius 3 is 2.57 bits per heavy atom. The minimum atomic E-state index is -4.25. The van der Waals surface area contributed by atoms with E-state index in [0.29, 0.717) is 18.5 Å². The van der Waals surface area contributed by atoms with Gasteiger partial charge in [-0.3, -0.25) is 4.79 Å². The van der Waals surface area contributed by atoms with Crippen LogP contribution in [0.15, 0.2) is 24.3 Å². The summed E-state index contributed by atoms with van der Waals surface area (Å²) >= 11 is 0. The van der Waals surface area contributed by atoms with Crippen LogP contribution in [0.5, 0.6) is 0 Å². The van der Waals surface area contributed by atoms with Gasteiger partial charge in [0.1, 0.15) is 0 Å². The Labute approximate surface area is 121 Å². The minimum absolute atomic E-state index is 0.0778. The van der Waals surface area contributed by atoms with Crippen molar-refractivity contribution in [2.45, 2.75) is 25.4 Å². The number of alkyl halides is 3. The summed E-state index contributed by atoms with van der Waals surface area (Å²) in [4.78, 5) is 13.5. The second-order valence-electron chi connectivity index (χ2n) is 5.16. The maximum Gasteiger partial charge on any atom is 0.393 e. The molecule has 1 atom stereocenters. The molecular weight excluding hydrogens is 281 g/mol. The van der Waals surface area contributed by atoms with Gasteiger partial charge in [-0.05, 0) is 30.5 Å². The molecule has 1 aliphatic heterocycles. The van der Waals surface area contributed by atoms with E-state index in [1.807, 2.05) is 6.07 Å². The summed E-state index contributed by atoms with van der Waals surface area (Å²) < 4.78 is 38.2. The van der Waals surface area contributed by atoms with Crippen molar-refractivity contribution in [2.24, 2.45) is 5.92 Å². The summed E-state index contributed by atoms with van der Waals surface area (Å²) in [5, 5.41) is 8.58. The number of likely N-dealkylation sites (tertiary alicyclic amines) is 1. The highest BCUT2D eigenvalue weighted by Crippen LogP contribution is 2.33. The van der Waals surface area contributed by atoms with Gasteiger partial charge in [0.2, 0.25) is 0 Å². The molecule has 0 N–H and O–H groups in total. The van der Waals surface area contributed by atoms with Crippen molar-refractivity contribution < 1.29 is 18.0 Å². The Balaban J connectivity index is 2.07. The number of amides is 1. The van der Waals surface area contributed by atoms with Gasteiger partial charge in [0.25, 0.3) is 5.91 Å². The molecule has 0 saturated carbocycles. The van der Waals surface area contributed by atoms with Gasteiger partial charge in [-0.1, -0.05) is 12.1 Å². The van der Waals surface area contributed by atoms with E-state index in [1.165, 1.54) is 4.90 Å². The third kappa shape index (κ3) is 3.75. The fourth-order valence-corrected chi connectivity index (χ4v) is 2.47. The zero-order valence-corrected chi connectivity index (χ0v) is 11.4. The van der Waals surface area contributed by atoms with E-state index >= 15 is 0 Å². The topological polar surface area (TPSA) is 44.1 Å². The lowest BCUT2D eigenvalue weighted by Crippen LogP contribution is -2.44. The Morgan fingerprint density at radius 1 is 1.33 bits per heavy atom. The molecule has 2 rings (SSSR count). The third-order valence-electron chi connectivity index (χ3n) is 3.66. The second kappa shape index (κ2) is 6.17. The van der Waals surface area contributed by atoms with Crippen LogP contribution in [-0.4, -0.2) is 30.1 Å². The van der Waals surface area contributed by atoms with E-state index in [9.17, 15) is 18.0 Å². The van der Waals surface area contributed by atoms with Crippen molar-refractivity contribution >= 4 is 5.91 Å². The molecule has 1 saturated heterocycles. The van der Waals surface area contributed by atoms with Crippen molar-refractivity contribution in [1.29, 1.82) is 5.26 Å². The fraction of sp³-hybridized carbons (Fsp3) is 0.467. The molecule has 112 valence electrons. The maximum absolute atomic E-state index is 12.7. The van der Waals surface area contributed by atoms with Crippen molar-refractivity contribution in [3.8, 4) is 6.07 Å². The van der Waals surface area contributed by atoms with Crippen LogP contribution in [-0.2, 0) is 6.42 Å². The summed E-state index contributed by atoms with van der Waals surface area (Å²) in [5.74, 6) is -1.82. The van der Waals surface area contributed by atoms with Crippen LogP contribution in [0.3, 0.4) is 0 Å². The first kappa shape index (κ1) is 15.4. The van der Waals surface area contributed by atoms with Gasteiger partial charge in [0.15, 0.2) is 0 Å². The van der Waals surface area contributed by atoms with Crippen LogP contribution in [0.2, 0.25) is 0 Å². The Bertz CT molecular complexity index is 546. The van der Waals surface area contributed by atoms with E-state index in [0.717, 1.165) is 5.56 Å². The highest BCUT2D eigenvalue weighted by Gasteiger charge is 2.42. The molecule has 0 aromatic heterocycles. The SMILES string of the molecule is N#CCc1ccc(C(=O)N2CCCC(C(F)(F)F)C2)cc1. The van der Waals surface area contributed by atoms with Gasteiger partial charge in [-0.2, -0.15) is 18.4 Å². The molecular formula is C15H15F3N2O. The molecule has 1 aromatic carbocycles. The van der Waals surface area contributed by atoms with Crippen molar-refractivity contribution in [2.75, 3.05) is 13.1 Å². The molecule has 1 amide bonds. The summed E-state index contributed by atoms with van der Waals surface area (Å²) in [6, 6.07) is 8.43. The first-order valence-electron chi connectivity index (χ1n) is 6.73. The van der Waals surface area contributed by atoms with E-state index in [-0.39, 0.29) is 25.3 Å². The lowest BCUT2D eigenvalue weighted by Gasteiger charge is -2.33. The van der Waals surface area contributed by atoms with Gasteiger partial charge >= 0.3 is 6.18 Å². The maximum atomic E-state index is 12.7. The van der Waals surface area contributed by atoms with E-state index in [1.54, 1.807) is 24.3 Å². The van der Waals surface area contributed by atoms with Gasteiger partial charge in [0, 0.05) is 18.7 Å². The molecule has 0 spiro atoms. The first-order valence-corrected chi connectivity index (χ1v) is 6.73. The van der Waals surface area contributed by atoms with Gasteiger partial charge in [-0.25, -0.2) is 0 Å². The minimum Gasteiger partial charge on any atom is -0.338 e. The summed E-state index contributed by atoms with van der Waals surface area (Å²) in [7, 11) is 0. The van der Waals surface area contributed by atoms with Crippen LogP contribution in [0.4, 0.5) is 13.2 Å². The number of hydrogen-bond acceptors (Lipinski definition) is 2. The number of halogens is 3. The Hall–Kier alpha value is -2.03. The predicted octanol–water partition coefficient (Wildman–Crippen LogP) is 3.17. The van der Waals surface area contributed by atoms with Crippen LogP contribution >= 0.6 is 0 Å². The van der Waals surface area contributed by atoms with E-state index in [2.05, 4.69) is 0 Å². The van der Waals surface area contributed by atoms with Crippen LogP contribution < -0.4 is 0 Å². The number of carbonyl (C=O) groups is 1. The smallest absolute Gasteiger partial charge is 0.338 e. The van der Waals surface area contributed by atoms with Crippen LogP contribution in [0.1, 0.15) is 28.8 Å². The average molecular weight is 296 g/mol. The Kier molecular flexibility index (Phi) is 4.51. The lowest BCUT2D eigenvalue weighted by atomic mass is 9.96. The molecule has 3 nitrogen and oxygen atoms in total. The number of rotatable bonds is 2. The standard InChI is InChI=1S/C15H15F3N2O/c16-15(17,18)13-2-1-9-20(10-13)14(21)12-5-3-11(4-6-12)7-8-19/h3-6,13H,1-2,7,9-10H2. The normalized spacial score (nSPS) is 19.1. The quantitative estimate of drug-likeness (QED) is 0.841. The molecule has 0 radical (unpaired) electrons. The highest BCUT2D eigenvalue weighted by atomic mass is 19.4. The molecule has 0 aliphatic carbocycles. The average Bonchev–Trinajstić information content (AvgIpc) is 2.47. The molecule has 1 unspecified atom stereocenters. The van der Waals surface area contributed by atoms with E-state index in [4.69, 9.17) is 5.26 Å². The molecule has 21 heavy (non-hydrogen) atoms. The van der Waals surface area contributed by atoms with Gasteiger partial charge in [-0.15, -0.1) is 0 Å². The van der Waals surface area contributed by atoms with Crippen molar-refractivity contribution in [1.82, 2.24) is 4.90 Å². The lowest BCUT2D eigenvalue weighted by molar-refractivity contribution is -0.184. The number of hydrogen-bond donors (Lipinski definition) is 0. The molecule has 0 bridgehead atoms. The van der Waals surface area contributed by atoms with Gasteiger partial charge in [0.05, 0.1) is 18.4 Å². The zero-order chi connectivity index (χ0) is 15.5. The number of benzene rings is 1. The number of piperidine rings is 1. The summed E-state index contributed by atoms with van der Waals surface area (Å²) in [6.45, 7) is 0.0770. The third-order valence-corrected chi connectivity index (χ3v) is 3.66. The van der Waals surface area contributed by atoms with Crippen LogP contribution in [0, 0.1) is 17.2 Å². The second-order valence-corrected chi connectivity index (χ2v) is 5.16. The Morgan fingerprint density at radius 2 is 2.00 bits per heavy atom. The van der Waals surface area contributed by atoms with Crippen molar-refractivity contribution in [3.05, 3.63) is 35.4 Å². The monoisotopic (exact) mass is 296 g/mol. The molecule has 1 heterocycles. The fourth-order valence-electron chi connectivity index (χ4n) is 2.47. The summed E-state index contributed by atoms with van der Waals surface area (Å²) in [6.07, 6.45) is -3.57. The first-order chi connectivity index (χ1) is 9.91. The highest BCUT2D eigenvalue weighted by molar-refractivity contribution is 5.94. The molecule has 1 aliphatic rings. The molecule has 1 aromatic rings. The number of nitrogens with zero attached hydrogens (tertiary/aromatic N) is 2. The molecule has 1 fully saturated rings. The van der Waals surface area contributed by atoms with Crippen LogP contribution in [0.25, 0.3) is 0 Å². The summed E-state index contributed by atoms with van der Waals surface area (Å²) in [5.41, 5.74) is 1.14. The predicted molar refractivity (Wildman–Crippen MR) is 70.4 cm³/mol. The van der Waals surface area contributed by atoms with Crippen molar-refractivity contribution in [3.63, 3.8) is 0 Å². The largest absolute Gasteiger partial charge is 0.393 e. The number of carbonyl (C=O) groups excluding carboxylic acids is 1. The molecule has 6 heteroatoms. The van der Waals surface area contributed by atoms with Gasteiger partial charge < -0.3 is 4.90 Å². The zero-order valence-electron chi connectivity index (χ0n) is 11.4. The van der Waals surface area contributed by atoms with E-state index < -0.39 is 12.1 Å².